The van der Waals surface area contributed by atoms with E-state index in [4.69, 9.17) is 0 Å². The zero-order chi connectivity index (χ0) is 15.1. The Balaban J connectivity index is 0.000000463. The molecule has 3 nitrogen and oxygen atoms in total. The van der Waals surface area contributed by atoms with Crippen molar-refractivity contribution in [2.75, 3.05) is 13.1 Å². The van der Waals surface area contributed by atoms with Crippen molar-refractivity contribution >= 4 is 0 Å². The van der Waals surface area contributed by atoms with E-state index in [9.17, 15) is 0 Å². The SMILES string of the molecule is C.C.Cc1cccc(CN2CCCCC2)c1.Cc1cnn(C)c1. The summed E-state index contributed by atoms with van der Waals surface area (Å²) in [7, 11) is 1.91. The van der Waals surface area contributed by atoms with Gasteiger partial charge in [0, 0.05) is 19.8 Å². The summed E-state index contributed by atoms with van der Waals surface area (Å²) >= 11 is 0. The second-order valence-electron chi connectivity index (χ2n) is 6.02. The van der Waals surface area contributed by atoms with Gasteiger partial charge in [-0.05, 0) is 50.9 Å². The van der Waals surface area contributed by atoms with Crippen LogP contribution in [0.5, 0.6) is 0 Å². The lowest BCUT2D eigenvalue weighted by molar-refractivity contribution is 0.221. The molecule has 2 aromatic rings. The molecule has 0 atom stereocenters. The van der Waals surface area contributed by atoms with Gasteiger partial charge in [0.05, 0.1) is 6.20 Å². The highest BCUT2D eigenvalue weighted by molar-refractivity contribution is 5.22. The Bertz CT molecular complexity index is 523. The van der Waals surface area contributed by atoms with Gasteiger partial charge < -0.3 is 0 Å². The third-order valence-electron chi connectivity index (χ3n) is 3.77. The summed E-state index contributed by atoms with van der Waals surface area (Å²) in [6.45, 7) is 7.90. The van der Waals surface area contributed by atoms with Gasteiger partial charge in [-0.1, -0.05) is 51.1 Å². The number of hydrogen-bond donors (Lipinski definition) is 0. The lowest BCUT2D eigenvalue weighted by atomic mass is 10.1. The summed E-state index contributed by atoms with van der Waals surface area (Å²) < 4.78 is 1.79. The third kappa shape index (κ3) is 7.98. The standard InChI is InChI=1S/C13H19N.C5H8N2.2CH4/c1-12-6-5-7-13(10-12)11-14-8-3-2-4-9-14;1-5-3-6-7(2)4-5;;/h5-7,10H,2-4,8-9,11H2,1H3;3-4H,1-2H3;2*1H4. The highest BCUT2D eigenvalue weighted by Gasteiger charge is 2.09. The van der Waals surface area contributed by atoms with Crippen LogP contribution < -0.4 is 0 Å². The van der Waals surface area contributed by atoms with Crippen molar-refractivity contribution in [3.8, 4) is 0 Å². The number of rotatable bonds is 2. The molecule has 0 unspecified atom stereocenters. The minimum atomic E-state index is 0. The van der Waals surface area contributed by atoms with E-state index in [0.717, 1.165) is 6.54 Å². The molecule has 1 aliphatic heterocycles. The van der Waals surface area contributed by atoms with Crippen molar-refractivity contribution in [1.82, 2.24) is 14.7 Å². The van der Waals surface area contributed by atoms with Crippen molar-refractivity contribution in [2.45, 2.75) is 54.5 Å². The molecule has 1 aliphatic rings. The molecule has 1 saturated heterocycles. The molecule has 0 radical (unpaired) electrons. The summed E-state index contributed by atoms with van der Waals surface area (Å²) in [4.78, 5) is 2.57. The lowest BCUT2D eigenvalue weighted by Gasteiger charge is -2.26. The van der Waals surface area contributed by atoms with Crippen molar-refractivity contribution in [2.24, 2.45) is 7.05 Å². The van der Waals surface area contributed by atoms with Crippen LogP contribution in [0, 0.1) is 13.8 Å². The summed E-state index contributed by atoms with van der Waals surface area (Å²) in [5.74, 6) is 0. The Hall–Kier alpha value is -1.61. The molecule has 1 fully saturated rings. The summed E-state index contributed by atoms with van der Waals surface area (Å²) in [6.07, 6.45) is 7.99. The molecule has 0 N–H and O–H groups in total. The first-order valence-electron chi connectivity index (χ1n) is 7.86. The monoisotopic (exact) mass is 317 g/mol. The highest BCUT2D eigenvalue weighted by atomic mass is 15.2. The van der Waals surface area contributed by atoms with Crippen LogP contribution in [0.1, 0.15) is 50.8 Å². The molecule has 0 spiro atoms. The van der Waals surface area contributed by atoms with E-state index < -0.39 is 0 Å². The Morgan fingerprint density at radius 1 is 1.00 bits per heavy atom. The molecular formula is C20H35N3. The predicted octanol–water partition coefficient (Wildman–Crippen LogP) is 4.98. The molecule has 0 aliphatic carbocycles. The van der Waals surface area contributed by atoms with E-state index in [1.807, 2.05) is 26.4 Å². The second kappa shape index (κ2) is 11.0. The summed E-state index contributed by atoms with van der Waals surface area (Å²) in [5.41, 5.74) is 4.05. The van der Waals surface area contributed by atoms with Gasteiger partial charge in [0.25, 0.3) is 0 Å². The fourth-order valence-corrected chi connectivity index (χ4v) is 2.73. The molecule has 3 heteroatoms. The number of piperidine rings is 1. The minimum absolute atomic E-state index is 0. The van der Waals surface area contributed by atoms with E-state index in [1.54, 1.807) is 4.68 Å². The van der Waals surface area contributed by atoms with Crippen molar-refractivity contribution < 1.29 is 0 Å². The van der Waals surface area contributed by atoms with Gasteiger partial charge in [-0.25, -0.2) is 0 Å². The smallest absolute Gasteiger partial charge is 0.0518 e. The molecule has 3 rings (SSSR count). The third-order valence-corrected chi connectivity index (χ3v) is 3.77. The molecule has 1 aromatic heterocycles. The van der Waals surface area contributed by atoms with Crippen LogP contribution in [0.3, 0.4) is 0 Å². The fraction of sp³-hybridized carbons (Fsp3) is 0.550. The Morgan fingerprint density at radius 3 is 2.17 bits per heavy atom. The number of benzene rings is 1. The van der Waals surface area contributed by atoms with Gasteiger partial charge in [0.1, 0.15) is 0 Å². The van der Waals surface area contributed by atoms with E-state index >= 15 is 0 Å². The minimum Gasteiger partial charge on any atom is -0.299 e. The van der Waals surface area contributed by atoms with Gasteiger partial charge in [-0.2, -0.15) is 5.10 Å². The average Bonchev–Trinajstić information content (AvgIpc) is 2.84. The molecule has 0 bridgehead atoms. The Morgan fingerprint density at radius 2 is 1.70 bits per heavy atom. The highest BCUT2D eigenvalue weighted by Crippen LogP contribution is 2.13. The first-order valence-corrected chi connectivity index (χ1v) is 7.86. The van der Waals surface area contributed by atoms with Crippen LogP contribution in [-0.4, -0.2) is 27.8 Å². The molecular weight excluding hydrogens is 282 g/mol. The van der Waals surface area contributed by atoms with Gasteiger partial charge >= 0.3 is 0 Å². The van der Waals surface area contributed by atoms with Crippen LogP contribution in [0.4, 0.5) is 0 Å². The fourth-order valence-electron chi connectivity index (χ4n) is 2.73. The topological polar surface area (TPSA) is 21.1 Å². The number of aromatic nitrogens is 2. The van der Waals surface area contributed by atoms with E-state index in [-0.39, 0.29) is 14.9 Å². The predicted molar refractivity (Wildman–Crippen MR) is 102 cm³/mol. The van der Waals surface area contributed by atoms with E-state index in [0.29, 0.717) is 0 Å². The quantitative estimate of drug-likeness (QED) is 0.778. The molecule has 1 aromatic carbocycles. The first-order chi connectivity index (χ1) is 10.1. The molecule has 0 saturated carbocycles. The number of aryl methyl sites for hydroxylation is 3. The Kier molecular flexibility index (Phi) is 10.2. The van der Waals surface area contributed by atoms with E-state index in [1.165, 1.54) is 49.0 Å². The van der Waals surface area contributed by atoms with Gasteiger partial charge in [-0.15, -0.1) is 0 Å². The summed E-state index contributed by atoms with van der Waals surface area (Å²) in [6, 6.07) is 8.87. The van der Waals surface area contributed by atoms with Crippen LogP contribution in [-0.2, 0) is 13.6 Å². The normalized spacial score (nSPS) is 14.0. The second-order valence-corrected chi connectivity index (χ2v) is 6.02. The Labute approximate surface area is 143 Å². The van der Waals surface area contributed by atoms with E-state index in [2.05, 4.69) is 41.2 Å². The van der Waals surface area contributed by atoms with Crippen LogP contribution in [0.15, 0.2) is 36.7 Å². The number of nitrogens with zero attached hydrogens (tertiary/aromatic N) is 3. The van der Waals surface area contributed by atoms with Gasteiger partial charge in [0.2, 0.25) is 0 Å². The average molecular weight is 318 g/mol. The van der Waals surface area contributed by atoms with Crippen LogP contribution in [0.2, 0.25) is 0 Å². The maximum atomic E-state index is 3.93. The largest absolute Gasteiger partial charge is 0.299 e. The molecule has 130 valence electrons. The first kappa shape index (κ1) is 21.4. The van der Waals surface area contributed by atoms with Gasteiger partial charge in [-0.3, -0.25) is 9.58 Å². The molecule has 2 heterocycles. The number of hydrogen-bond acceptors (Lipinski definition) is 2. The van der Waals surface area contributed by atoms with Crippen LogP contribution >= 0.6 is 0 Å². The summed E-state index contributed by atoms with van der Waals surface area (Å²) in [5, 5.41) is 3.93. The maximum absolute atomic E-state index is 3.93. The van der Waals surface area contributed by atoms with Crippen LogP contribution in [0.25, 0.3) is 0 Å². The zero-order valence-electron chi connectivity index (χ0n) is 13.5. The molecule has 23 heavy (non-hydrogen) atoms. The van der Waals surface area contributed by atoms with Crippen molar-refractivity contribution in [3.63, 3.8) is 0 Å². The maximum Gasteiger partial charge on any atom is 0.0518 e. The van der Waals surface area contributed by atoms with Crippen molar-refractivity contribution in [1.29, 1.82) is 0 Å². The lowest BCUT2D eigenvalue weighted by Crippen LogP contribution is -2.29. The van der Waals surface area contributed by atoms with Crippen molar-refractivity contribution in [3.05, 3.63) is 53.3 Å². The number of likely N-dealkylation sites (tertiary alicyclic amines) is 1. The van der Waals surface area contributed by atoms with Gasteiger partial charge in [0.15, 0.2) is 0 Å². The zero-order valence-corrected chi connectivity index (χ0v) is 13.5. The molecule has 0 amide bonds.